The van der Waals surface area contributed by atoms with Gasteiger partial charge in [0.15, 0.2) is 5.13 Å². The molecule has 12 heteroatoms. The first-order valence-corrected chi connectivity index (χ1v) is 10.8. The number of benzene rings is 1. The Morgan fingerprint density at radius 1 is 1.45 bits per heavy atom. The van der Waals surface area contributed by atoms with Crippen molar-refractivity contribution >= 4 is 73.5 Å². The molecular formula is C17H16ClN5O4S2. The summed E-state index contributed by atoms with van der Waals surface area (Å²) in [5.41, 5.74) is 7.93. The van der Waals surface area contributed by atoms with E-state index >= 15 is 0 Å². The third kappa shape index (κ3) is 3.49. The summed E-state index contributed by atoms with van der Waals surface area (Å²) in [5.74, 6) is -1.86. The Labute approximate surface area is 178 Å². The van der Waals surface area contributed by atoms with Crippen LogP contribution in [0, 0.1) is 6.92 Å². The molecule has 0 saturated carbocycles. The van der Waals surface area contributed by atoms with Gasteiger partial charge in [-0.3, -0.25) is 14.5 Å². The average molecular weight is 454 g/mol. The molecule has 5 N–H and O–H groups in total. The van der Waals surface area contributed by atoms with Gasteiger partial charge in [0, 0.05) is 5.75 Å². The lowest BCUT2D eigenvalue weighted by Crippen LogP contribution is -2.70. The van der Waals surface area contributed by atoms with Crippen LogP contribution in [0.1, 0.15) is 5.56 Å². The maximum Gasteiger partial charge on any atom is 0.353 e. The first-order valence-electron chi connectivity index (χ1n) is 8.52. The molecule has 1 aromatic carbocycles. The fourth-order valence-electron chi connectivity index (χ4n) is 3.30. The summed E-state index contributed by atoms with van der Waals surface area (Å²) in [4.78, 5) is 41.6. The van der Waals surface area contributed by atoms with E-state index in [1.165, 1.54) is 23.1 Å². The lowest BCUT2D eigenvalue weighted by atomic mass is 10.1. The number of halogens is 1. The summed E-state index contributed by atoms with van der Waals surface area (Å²) in [7, 11) is 0. The molecule has 1 unspecified atom stereocenters. The number of β-lactam (4-membered cyclic amide) rings is 1. The Morgan fingerprint density at radius 3 is 2.93 bits per heavy atom. The number of nitrogen functional groups attached to an aromatic ring is 1. The van der Waals surface area contributed by atoms with Crippen molar-refractivity contribution in [2.24, 2.45) is 0 Å². The summed E-state index contributed by atoms with van der Waals surface area (Å²) in [6.45, 7) is 1.86. The van der Waals surface area contributed by atoms with E-state index in [0.717, 1.165) is 15.2 Å². The Balaban J connectivity index is 1.42. The molecular weight excluding hydrogens is 438 g/mol. The minimum absolute atomic E-state index is 0.0699. The number of carbonyl (C=O) groups excluding carboxylic acids is 2. The van der Waals surface area contributed by atoms with Crippen LogP contribution >= 0.6 is 34.7 Å². The topological polar surface area (TPSA) is 138 Å². The van der Waals surface area contributed by atoms with Gasteiger partial charge >= 0.3 is 5.97 Å². The zero-order chi connectivity index (χ0) is 20.9. The van der Waals surface area contributed by atoms with E-state index in [1.54, 1.807) is 0 Å². The molecule has 1 aromatic heterocycles. The number of aliphatic carboxylic acids is 1. The lowest BCUT2D eigenvalue weighted by Gasteiger charge is -2.48. The molecule has 1 saturated heterocycles. The van der Waals surface area contributed by atoms with Gasteiger partial charge in [0.25, 0.3) is 5.91 Å². The minimum Gasteiger partial charge on any atom is -0.477 e. The Hall–Kier alpha value is -2.50. The maximum absolute atomic E-state index is 12.4. The van der Waals surface area contributed by atoms with E-state index in [-0.39, 0.29) is 28.9 Å². The number of hydrogen-bond acceptors (Lipinski definition) is 8. The number of aromatic nitrogens is 1. The third-order valence-electron chi connectivity index (χ3n) is 4.54. The second kappa shape index (κ2) is 7.39. The molecule has 0 spiro atoms. The number of carboxylic acids is 1. The lowest BCUT2D eigenvalue weighted by molar-refractivity contribution is -0.150. The first-order chi connectivity index (χ1) is 13.8. The van der Waals surface area contributed by atoms with Gasteiger partial charge in [0.2, 0.25) is 5.91 Å². The zero-order valence-corrected chi connectivity index (χ0v) is 17.5. The van der Waals surface area contributed by atoms with Gasteiger partial charge in [-0.2, -0.15) is 0 Å². The van der Waals surface area contributed by atoms with Crippen molar-refractivity contribution in [2.45, 2.75) is 18.3 Å². The number of nitrogens with two attached hydrogens (primary N) is 1. The number of thiazole rings is 1. The number of hydrogen-bond donors (Lipinski definition) is 4. The van der Waals surface area contributed by atoms with Gasteiger partial charge in [-0.15, -0.1) is 11.8 Å². The number of amides is 2. The molecule has 1 fully saturated rings. The summed E-state index contributed by atoms with van der Waals surface area (Å²) in [6.07, 6.45) is 0. The zero-order valence-electron chi connectivity index (χ0n) is 15.1. The van der Waals surface area contributed by atoms with E-state index in [0.29, 0.717) is 16.3 Å². The summed E-state index contributed by atoms with van der Waals surface area (Å²) < 4.78 is 0.915. The minimum atomic E-state index is -1.26. The predicted octanol–water partition coefficient (Wildman–Crippen LogP) is 1.53. The normalized spacial score (nSPS) is 21.0. The Bertz CT molecular complexity index is 1090. The molecule has 2 amide bonds. The van der Waals surface area contributed by atoms with E-state index in [1.807, 2.05) is 19.1 Å². The van der Waals surface area contributed by atoms with Crippen molar-refractivity contribution in [1.82, 2.24) is 15.2 Å². The third-order valence-corrected chi connectivity index (χ3v) is 7.12. The van der Waals surface area contributed by atoms with Gasteiger partial charge in [-0.25, -0.2) is 9.78 Å². The second-order valence-corrected chi connectivity index (χ2v) is 9.20. The molecule has 0 bridgehead atoms. The summed E-state index contributed by atoms with van der Waals surface area (Å²) in [5, 5.41) is 15.1. The van der Waals surface area contributed by atoms with E-state index in [4.69, 9.17) is 17.3 Å². The monoisotopic (exact) mass is 453 g/mol. The van der Waals surface area contributed by atoms with Crippen molar-refractivity contribution in [2.75, 3.05) is 23.3 Å². The number of rotatable bonds is 5. The highest BCUT2D eigenvalue weighted by Gasteiger charge is 2.54. The van der Waals surface area contributed by atoms with Gasteiger partial charge in [0.1, 0.15) is 22.6 Å². The molecule has 9 nitrogen and oxygen atoms in total. The summed E-state index contributed by atoms with van der Waals surface area (Å²) >= 11 is 8.62. The van der Waals surface area contributed by atoms with Crippen LogP contribution in [-0.4, -0.2) is 56.5 Å². The van der Waals surface area contributed by atoms with E-state index in [2.05, 4.69) is 15.6 Å². The van der Waals surface area contributed by atoms with Gasteiger partial charge < -0.3 is 21.5 Å². The smallest absolute Gasteiger partial charge is 0.353 e. The highest BCUT2D eigenvalue weighted by Crippen LogP contribution is 2.41. The second-order valence-electron chi connectivity index (χ2n) is 6.58. The molecule has 152 valence electrons. The number of carbonyl (C=O) groups is 3. The number of thioether (sulfide) groups is 1. The highest BCUT2D eigenvalue weighted by atomic mass is 35.5. The number of nitrogens with zero attached hydrogens (tertiary/aromatic N) is 2. The van der Waals surface area contributed by atoms with Crippen molar-refractivity contribution in [1.29, 1.82) is 0 Å². The SMILES string of the molecule is Cc1cc(NCC(=O)NC2C(=O)N3C(C(=O)O)=C(Cl)CS[C@@H]23)c2nc(N)sc2c1. The first kappa shape index (κ1) is 19.8. The fraction of sp³-hybridized carbons (Fsp3) is 0.294. The molecule has 0 radical (unpaired) electrons. The van der Waals surface area contributed by atoms with Gasteiger partial charge in [-0.05, 0) is 24.6 Å². The maximum atomic E-state index is 12.4. The highest BCUT2D eigenvalue weighted by molar-refractivity contribution is 8.00. The Morgan fingerprint density at radius 2 is 2.21 bits per heavy atom. The fourth-order valence-corrected chi connectivity index (χ4v) is 5.71. The van der Waals surface area contributed by atoms with Crippen molar-refractivity contribution < 1.29 is 19.5 Å². The predicted molar refractivity (Wildman–Crippen MR) is 113 cm³/mol. The number of aryl methyl sites for hydroxylation is 1. The summed E-state index contributed by atoms with van der Waals surface area (Å²) in [6, 6.07) is 3.05. The molecule has 0 aliphatic carbocycles. The average Bonchev–Trinajstić information content (AvgIpc) is 3.03. The number of fused-ring (bicyclic) bond motifs is 2. The van der Waals surface area contributed by atoms with Crippen LogP contribution in [0.5, 0.6) is 0 Å². The molecule has 2 aliphatic heterocycles. The standard InChI is InChI=1S/C17H16ClN5O4S2/c1-6-2-8(11-9(3-6)29-17(19)22-11)20-4-10(24)21-12-14(25)23-13(16(26)27)7(18)5-28-15(12)23/h2-3,12,15,20H,4-5H2,1H3,(H2,19,22)(H,21,24)(H,26,27)/t12?,15-/m0/s1. The number of anilines is 2. The van der Waals surface area contributed by atoms with Crippen molar-refractivity contribution in [3.63, 3.8) is 0 Å². The van der Waals surface area contributed by atoms with Crippen molar-refractivity contribution in [3.05, 3.63) is 28.4 Å². The van der Waals surface area contributed by atoms with E-state index in [9.17, 15) is 19.5 Å². The Kier molecular flexibility index (Phi) is 5.05. The van der Waals surface area contributed by atoms with Crippen LogP contribution in [-0.2, 0) is 14.4 Å². The molecule has 3 heterocycles. The molecule has 29 heavy (non-hydrogen) atoms. The molecule has 4 rings (SSSR count). The van der Waals surface area contributed by atoms with Crippen LogP contribution in [0.3, 0.4) is 0 Å². The van der Waals surface area contributed by atoms with Crippen molar-refractivity contribution in [3.8, 4) is 0 Å². The molecule has 2 atom stereocenters. The largest absolute Gasteiger partial charge is 0.477 e. The van der Waals surface area contributed by atoms with Crippen LogP contribution in [0.4, 0.5) is 10.8 Å². The van der Waals surface area contributed by atoms with E-state index < -0.39 is 23.3 Å². The van der Waals surface area contributed by atoms with Crippen LogP contribution < -0.4 is 16.4 Å². The number of nitrogens with one attached hydrogen (secondary N) is 2. The van der Waals surface area contributed by atoms with Crippen LogP contribution in [0.25, 0.3) is 10.2 Å². The number of carboxylic acid groups (broad SMARTS) is 1. The molecule has 2 aliphatic rings. The molecule has 2 aromatic rings. The van der Waals surface area contributed by atoms with Crippen LogP contribution in [0.2, 0.25) is 0 Å². The van der Waals surface area contributed by atoms with Gasteiger partial charge in [-0.1, -0.05) is 22.9 Å². The van der Waals surface area contributed by atoms with Gasteiger partial charge in [0.05, 0.1) is 22.0 Å². The quantitative estimate of drug-likeness (QED) is 0.500. The van der Waals surface area contributed by atoms with Crippen LogP contribution in [0.15, 0.2) is 22.9 Å².